The fraction of sp³-hybridized carbons (Fsp3) is 0.857. The summed E-state index contributed by atoms with van der Waals surface area (Å²) in [7, 11) is 0. The molecule has 0 fully saturated rings. The Morgan fingerprint density at radius 2 is 1.73 bits per heavy atom. The Balaban J connectivity index is 4.36. The molecule has 0 saturated carbocycles. The van der Waals surface area contributed by atoms with Gasteiger partial charge in [-0.2, -0.15) is 5.01 Å². The quantitative estimate of drug-likeness (QED) is 0.360. The number of urea groups is 1. The highest BCUT2D eigenvalue weighted by Gasteiger charge is 2.20. The van der Waals surface area contributed by atoms with Crippen molar-refractivity contribution in [1.29, 1.82) is 0 Å². The molecule has 0 aliphatic carbocycles. The van der Waals surface area contributed by atoms with E-state index in [9.17, 15) is 9.70 Å². The van der Waals surface area contributed by atoms with Crippen LogP contribution in [0.25, 0.3) is 0 Å². The number of rotatable bonds is 7. The fourth-order valence-electron chi connectivity index (χ4n) is 0.959. The summed E-state index contributed by atoms with van der Waals surface area (Å²) in [5.74, 6) is 0.0869. The minimum Gasteiger partial charge on any atom is -0.395 e. The van der Waals surface area contributed by atoms with Crippen molar-refractivity contribution >= 4 is 17.6 Å². The number of halogens is 1. The van der Waals surface area contributed by atoms with Crippen molar-refractivity contribution in [3.8, 4) is 0 Å². The third-order valence-corrected chi connectivity index (χ3v) is 1.80. The van der Waals surface area contributed by atoms with Gasteiger partial charge in [-0.25, -0.2) is 4.79 Å². The van der Waals surface area contributed by atoms with E-state index >= 15 is 0 Å². The van der Waals surface area contributed by atoms with E-state index in [1.54, 1.807) is 0 Å². The van der Waals surface area contributed by atoms with Gasteiger partial charge in [-0.05, 0) is 0 Å². The van der Waals surface area contributed by atoms with Gasteiger partial charge in [0.05, 0.1) is 25.0 Å². The Kier molecular flexibility index (Phi) is 7.88. The minimum absolute atomic E-state index is 0.00273. The van der Waals surface area contributed by atoms with Crippen molar-refractivity contribution in [2.75, 3.05) is 38.7 Å². The van der Waals surface area contributed by atoms with Gasteiger partial charge in [0.1, 0.15) is 0 Å². The van der Waals surface area contributed by atoms with Gasteiger partial charge in [0, 0.05) is 19.0 Å². The molecule has 15 heavy (non-hydrogen) atoms. The summed E-state index contributed by atoms with van der Waals surface area (Å²) < 4.78 is 0. The summed E-state index contributed by atoms with van der Waals surface area (Å²) in [5, 5.41) is 20.5. The van der Waals surface area contributed by atoms with E-state index in [2.05, 4.69) is 5.29 Å². The molecule has 0 atom stereocenters. The first-order chi connectivity index (χ1) is 7.21. The number of amides is 2. The van der Waals surface area contributed by atoms with Crippen LogP contribution in [0.3, 0.4) is 0 Å². The van der Waals surface area contributed by atoms with Crippen LogP contribution >= 0.6 is 11.6 Å². The van der Waals surface area contributed by atoms with Crippen molar-refractivity contribution in [1.82, 2.24) is 9.91 Å². The molecule has 0 bridgehead atoms. The van der Waals surface area contributed by atoms with Crippen molar-refractivity contribution in [2.24, 2.45) is 5.29 Å². The molecule has 0 aromatic heterocycles. The molecule has 0 aromatic rings. The second kappa shape index (κ2) is 8.39. The topological polar surface area (TPSA) is 93.4 Å². The van der Waals surface area contributed by atoms with Gasteiger partial charge >= 0.3 is 6.03 Å². The Hall–Kier alpha value is -0.920. The van der Waals surface area contributed by atoms with Crippen LogP contribution in [0.1, 0.15) is 0 Å². The maximum absolute atomic E-state index is 11.5. The van der Waals surface area contributed by atoms with Crippen LogP contribution in [0.4, 0.5) is 4.79 Å². The molecular formula is C7H14ClN3O4. The number of hydrogen-bond donors (Lipinski definition) is 2. The Morgan fingerprint density at radius 3 is 2.07 bits per heavy atom. The highest BCUT2D eigenvalue weighted by molar-refractivity contribution is 6.18. The standard InChI is InChI=1S/C7H14ClN3O4/c8-1-2-11(9-15)7(14)10(3-5-12)4-6-13/h12-13H,1-6H2. The predicted octanol–water partition coefficient (Wildman–Crippen LogP) is -0.385. The molecule has 0 rings (SSSR count). The first kappa shape index (κ1) is 14.1. The highest BCUT2D eigenvalue weighted by atomic mass is 35.5. The second-order valence-corrected chi connectivity index (χ2v) is 2.99. The van der Waals surface area contributed by atoms with Gasteiger partial charge < -0.3 is 15.1 Å². The van der Waals surface area contributed by atoms with E-state index in [-0.39, 0.29) is 38.7 Å². The molecule has 0 spiro atoms. The largest absolute Gasteiger partial charge is 0.395 e. The molecular weight excluding hydrogens is 226 g/mol. The van der Waals surface area contributed by atoms with E-state index in [4.69, 9.17) is 21.8 Å². The summed E-state index contributed by atoms with van der Waals surface area (Å²) in [6, 6.07) is -0.672. The summed E-state index contributed by atoms with van der Waals surface area (Å²) in [5.41, 5.74) is 0. The molecule has 0 saturated heterocycles. The molecule has 88 valence electrons. The van der Waals surface area contributed by atoms with Crippen LogP contribution in [0.15, 0.2) is 5.29 Å². The molecule has 0 heterocycles. The lowest BCUT2D eigenvalue weighted by Gasteiger charge is -2.24. The number of nitrogens with zero attached hydrogens (tertiary/aromatic N) is 3. The average molecular weight is 240 g/mol. The number of aliphatic hydroxyl groups is 2. The van der Waals surface area contributed by atoms with E-state index in [0.717, 1.165) is 4.90 Å². The van der Waals surface area contributed by atoms with E-state index in [1.807, 2.05) is 0 Å². The first-order valence-electron chi connectivity index (χ1n) is 4.38. The van der Waals surface area contributed by atoms with Crippen molar-refractivity contribution in [3.05, 3.63) is 4.91 Å². The fourth-order valence-corrected chi connectivity index (χ4v) is 1.12. The van der Waals surface area contributed by atoms with Crippen molar-refractivity contribution < 1.29 is 15.0 Å². The van der Waals surface area contributed by atoms with Gasteiger partial charge in [0.25, 0.3) is 0 Å². The van der Waals surface area contributed by atoms with Crippen LogP contribution in [0.5, 0.6) is 0 Å². The SMILES string of the molecule is O=NN(CCCl)C(=O)N(CCO)CCO. The number of carbonyl (C=O) groups excluding carboxylic acids is 1. The minimum atomic E-state index is -0.672. The third kappa shape index (κ3) is 4.91. The normalized spacial score (nSPS) is 9.80. The van der Waals surface area contributed by atoms with Crippen LogP contribution < -0.4 is 0 Å². The van der Waals surface area contributed by atoms with Crippen molar-refractivity contribution in [2.45, 2.75) is 0 Å². The molecule has 2 amide bonds. The zero-order valence-electron chi connectivity index (χ0n) is 8.17. The molecule has 2 N–H and O–H groups in total. The van der Waals surface area contributed by atoms with E-state index in [1.165, 1.54) is 0 Å². The molecule has 0 aliphatic rings. The zero-order valence-corrected chi connectivity index (χ0v) is 8.93. The second-order valence-electron chi connectivity index (χ2n) is 2.61. The number of hydrogen-bond acceptors (Lipinski definition) is 5. The maximum Gasteiger partial charge on any atom is 0.343 e. The van der Waals surface area contributed by atoms with Crippen LogP contribution in [0, 0.1) is 4.91 Å². The van der Waals surface area contributed by atoms with E-state index < -0.39 is 6.03 Å². The molecule has 0 aliphatic heterocycles. The van der Waals surface area contributed by atoms with Gasteiger partial charge in [-0.1, -0.05) is 0 Å². The number of carbonyl (C=O) groups is 1. The third-order valence-electron chi connectivity index (χ3n) is 1.63. The van der Waals surface area contributed by atoms with Crippen molar-refractivity contribution in [3.63, 3.8) is 0 Å². The monoisotopic (exact) mass is 239 g/mol. The van der Waals surface area contributed by atoms with Gasteiger partial charge in [0.2, 0.25) is 0 Å². The number of nitroso groups, excluding NO2 is 1. The Morgan fingerprint density at radius 1 is 1.20 bits per heavy atom. The predicted molar refractivity (Wildman–Crippen MR) is 54.4 cm³/mol. The number of alkyl halides is 1. The maximum atomic E-state index is 11.5. The molecule has 0 aromatic carbocycles. The zero-order chi connectivity index (χ0) is 11.7. The lowest BCUT2D eigenvalue weighted by Crippen LogP contribution is -2.43. The smallest absolute Gasteiger partial charge is 0.343 e. The highest BCUT2D eigenvalue weighted by Crippen LogP contribution is 2.00. The molecule has 8 heteroatoms. The summed E-state index contributed by atoms with van der Waals surface area (Å²) >= 11 is 5.37. The van der Waals surface area contributed by atoms with Gasteiger partial charge in [-0.3, -0.25) is 0 Å². The Bertz CT molecular complexity index is 199. The lowest BCUT2D eigenvalue weighted by atomic mass is 10.5. The summed E-state index contributed by atoms with van der Waals surface area (Å²) in [4.78, 5) is 22.9. The average Bonchev–Trinajstić information content (AvgIpc) is 2.24. The Labute approximate surface area is 92.2 Å². The van der Waals surface area contributed by atoms with Crippen LogP contribution in [0.2, 0.25) is 0 Å². The number of aliphatic hydroxyl groups excluding tert-OH is 2. The van der Waals surface area contributed by atoms with E-state index in [0.29, 0.717) is 5.01 Å². The molecule has 0 radical (unpaired) electrons. The van der Waals surface area contributed by atoms with Crippen LogP contribution in [-0.4, -0.2) is 64.9 Å². The molecule has 7 nitrogen and oxygen atoms in total. The summed E-state index contributed by atoms with van der Waals surface area (Å²) in [6.07, 6.45) is 0. The molecule has 0 unspecified atom stereocenters. The first-order valence-corrected chi connectivity index (χ1v) is 4.92. The van der Waals surface area contributed by atoms with Gasteiger partial charge in [-0.15, -0.1) is 16.5 Å². The lowest BCUT2D eigenvalue weighted by molar-refractivity contribution is 0.129. The summed E-state index contributed by atoms with van der Waals surface area (Å²) in [6.45, 7) is -0.433. The van der Waals surface area contributed by atoms with Gasteiger partial charge in [0.15, 0.2) is 0 Å². The van der Waals surface area contributed by atoms with Crippen LogP contribution in [-0.2, 0) is 0 Å².